The molecule has 2 aromatic heterocycles. The number of nitrogens with zero attached hydrogens (tertiary/aromatic N) is 5. The largest absolute Gasteiger partial charge is 0.354 e. The lowest BCUT2D eigenvalue weighted by molar-refractivity contribution is 0.441. The molecule has 0 unspecified atom stereocenters. The summed E-state index contributed by atoms with van der Waals surface area (Å²) in [7, 11) is 0. The highest BCUT2D eigenvalue weighted by Gasteiger charge is 2.12. The first-order valence-corrected chi connectivity index (χ1v) is 6.70. The molecular weight excluding hydrogens is 254 g/mol. The molecule has 108 valence electrons. The molecule has 2 aromatic rings. The van der Waals surface area contributed by atoms with Crippen molar-refractivity contribution in [2.24, 2.45) is 5.41 Å². The minimum Gasteiger partial charge on any atom is -0.354 e. The minimum absolute atomic E-state index is 0.153. The standard InChI is InChI=1S/C13H21N7/c1-5-15-10-17-11(16-8-13(2,3)4)19-12(18-10)20-7-6-14-9-20/h6-7,9H,5,8H2,1-4H3,(H2,15,16,17,18,19). The maximum atomic E-state index is 4.41. The molecule has 7 heteroatoms. The van der Waals surface area contributed by atoms with Gasteiger partial charge in [0.05, 0.1) is 0 Å². The molecule has 0 saturated carbocycles. The third kappa shape index (κ3) is 3.91. The van der Waals surface area contributed by atoms with Crippen molar-refractivity contribution in [2.45, 2.75) is 27.7 Å². The van der Waals surface area contributed by atoms with Crippen molar-refractivity contribution in [1.82, 2.24) is 24.5 Å². The summed E-state index contributed by atoms with van der Waals surface area (Å²) in [4.78, 5) is 17.1. The van der Waals surface area contributed by atoms with Crippen LogP contribution < -0.4 is 10.6 Å². The summed E-state index contributed by atoms with van der Waals surface area (Å²) in [5, 5.41) is 6.36. The number of aromatic nitrogens is 5. The van der Waals surface area contributed by atoms with E-state index in [1.807, 2.05) is 6.92 Å². The molecule has 0 spiro atoms. The molecule has 2 rings (SSSR count). The maximum Gasteiger partial charge on any atom is 0.241 e. The Kier molecular flexibility index (Phi) is 4.16. The average molecular weight is 275 g/mol. The lowest BCUT2D eigenvalue weighted by atomic mass is 9.97. The first-order valence-electron chi connectivity index (χ1n) is 6.70. The first-order chi connectivity index (χ1) is 9.48. The van der Waals surface area contributed by atoms with Crippen molar-refractivity contribution in [3.05, 3.63) is 18.7 Å². The number of hydrogen-bond acceptors (Lipinski definition) is 6. The van der Waals surface area contributed by atoms with E-state index in [0.29, 0.717) is 17.8 Å². The van der Waals surface area contributed by atoms with Gasteiger partial charge in [-0.05, 0) is 12.3 Å². The van der Waals surface area contributed by atoms with Crippen LogP contribution in [-0.4, -0.2) is 37.6 Å². The topological polar surface area (TPSA) is 80.5 Å². The van der Waals surface area contributed by atoms with E-state index in [9.17, 15) is 0 Å². The van der Waals surface area contributed by atoms with Gasteiger partial charge in [0.2, 0.25) is 17.8 Å². The van der Waals surface area contributed by atoms with Crippen molar-refractivity contribution in [3.63, 3.8) is 0 Å². The Labute approximate surface area is 118 Å². The first kappa shape index (κ1) is 14.2. The highest BCUT2D eigenvalue weighted by atomic mass is 15.3. The van der Waals surface area contributed by atoms with Gasteiger partial charge in [-0.15, -0.1) is 0 Å². The number of anilines is 2. The number of rotatable bonds is 5. The van der Waals surface area contributed by atoms with Crippen LogP contribution in [0.15, 0.2) is 18.7 Å². The summed E-state index contributed by atoms with van der Waals surface area (Å²) >= 11 is 0. The van der Waals surface area contributed by atoms with Gasteiger partial charge in [0.15, 0.2) is 0 Å². The van der Waals surface area contributed by atoms with Crippen molar-refractivity contribution >= 4 is 11.9 Å². The Morgan fingerprint density at radius 3 is 2.35 bits per heavy atom. The Morgan fingerprint density at radius 1 is 1.10 bits per heavy atom. The van der Waals surface area contributed by atoms with Crippen LogP contribution in [-0.2, 0) is 0 Å². The van der Waals surface area contributed by atoms with E-state index in [4.69, 9.17) is 0 Å². The molecule has 0 saturated heterocycles. The number of nitrogens with one attached hydrogen (secondary N) is 2. The van der Waals surface area contributed by atoms with Crippen molar-refractivity contribution in [1.29, 1.82) is 0 Å². The van der Waals surface area contributed by atoms with E-state index in [1.165, 1.54) is 0 Å². The molecule has 0 aliphatic rings. The predicted molar refractivity (Wildman–Crippen MR) is 79.1 cm³/mol. The molecule has 0 radical (unpaired) electrons. The van der Waals surface area contributed by atoms with Crippen LogP contribution in [0.5, 0.6) is 0 Å². The minimum atomic E-state index is 0.153. The van der Waals surface area contributed by atoms with Crippen LogP contribution in [0.25, 0.3) is 5.95 Å². The Morgan fingerprint density at radius 2 is 1.80 bits per heavy atom. The molecule has 7 nitrogen and oxygen atoms in total. The van der Waals surface area contributed by atoms with Gasteiger partial charge in [0, 0.05) is 25.5 Å². The van der Waals surface area contributed by atoms with Gasteiger partial charge >= 0.3 is 0 Å². The second kappa shape index (κ2) is 5.85. The summed E-state index contributed by atoms with van der Waals surface area (Å²) in [6.45, 7) is 10.0. The molecule has 0 atom stereocenters. The van der Waals surface area contributed by atoms with Crippen LogP contribution in [0.2, 0.25) is 0 Å². The van der Waals surface area contributed by atoms with Crippen LogP contribution in [0.4, 0.5) is 11.9 Å². The summed E-state index contributed by atoms with van der Waals surface area (Å²) < 4.78 is 1.75. The highest BCUT2D eigenvalue weighted by Crippen LogP contribution is 2.15. The molecule has 0 aromatic carbocycles. The molecule has 2 N–H and O–H groups in total. The zero-order valence-corrected chi connectivity index (χ0v) is 12.4. The van der Waals surface area contributed by atoms with Crippen LogP contribution in [0.3, 0.4) is 0 Å². The van der Waals surface area contributed by atoms with Gasteiger partial charge in [0.1, 0.15) is 6.33 Å². The second-order valence-electron chi connectivity index (χ2n) is 5.70. The third-order valence-electron chi connectivity index (χ3n) is 2.47. The van der Waals surface area contributed by atoms with Crippen molar-refractivity contribution < 1.29 is 0 Å². The zero-order chi connectivity index (χ0) is 14.6. The summed E-state index contributed by atoms with van der Waals surface area (Å²) in [6, 6.07) is 0. The van der Waals surface area contributed by atoms with Gasteiger partial charge in [0.25, 0.3) is 0 Å². The quantitative estimate of drug-likeness (QED) is 0.868. The predicted octanol–water partition coefficient (Wildman–Crippen LogP) is 1.95. The number of imidazole rings is 1. The van der Waals surface area contributed by atoms with Crippen LogP contribution >= 0.6 is 0 Å². The molecular formula is C13H21N7. The Bertz CT molecular complexity index is 542. The monoisotopic (exact) mass is 275 g/mol. The molecule has 2 heterocycles. The summed E-state index contributed by atoms with van der Waals surface area (Å²) in [5.41, 5.74) is 0.153. The Hall–Kier alpha value is -2.18. The molecule has 0 fully saturated rings. The van der Waals surface area contributed by atoms with E-state index in [2.05, 4.69) is 51.3 Å². The molecule has 0 aliphatic carbocycles. The molecule has 0 bridgehead atoms. The zero-order valence-electron chi connectivity index (χ0n) is 12.4. The van der Waals surface area contributed by atoms with Gasteiger partial charge in [-0.25, -0.2) is 4.98 Å². The number of hydrogen-bond donors (Lipinski definition) is 2. The van der Waals surface area contributed by atoms with Gasteiger partial charge in [-0.2, -0.15) is 15.0 Å². The van der Waals surface area contributed by atoms with Crippen molar-refractivity contribution in [3.8, 4) is 5.95 Å². The van der Waals surface area contributed by atoms with E-state index < -0.39 is 0 Å². The van der Waals surface area contributed by atoms with Gasteiger partial charge < -0.3 is 10.6 Å². The average Bonchev–Trinajstić information content (AvgIpc) is 2.89. The van der Waals surface area contributed by atoms with Gasteiger partial charge in [-0.3, -0.25) is 4.57 Å². The summed E-state index contributed by atoms with van der Waals surface area (Å²) in [6.07, 6.45) is 5.16. The molecule has 0 aliphatic heterocycles. The van der Waals surface area contributed by atoms with E-state index in [-0.39, 0.29) is 5.41 Å². The smallest absolute Gasteiger partial charge is 0.241 e. The van der Waals surface area contributed by atoms with E-state index >= 15 is 0 Å². The lowest BCUT2D eigenvalue weighted by Crippen LogP contribution is -2.21. The van der Waals surface area contributed by atoms with Crippen LogP contribution in [0.1, 0.15) is 27.7 Å². The fourth-order valence-corrected chi connectivity index (χ4v) is 1.52. The Balaban J connectivity index is 2.26. The molecule has 20 heavy (non-hydrogen) atoms. The highest BCUT2D eigenvalue weighted by molar-refractivity contribution is 5.38. The van der Waals surface area contributed by atoms with Crippen LogP contribution in [0, 0.1) is 5.41 Å². The third-order valence-corrected chi connectivity index (χ3v) is 2.47. The summed E-state index contributed by atoms with van der Waals surface area (Å²) in [5.74, 6) is 1.67. The fourth-order valence-electron chi connectivity index (χ4n) is 1.52. The SMILES string of the molecule is CCNc1nc(NCC(C)(C)C)nc(-n2ccnc2)n1. The molecule has 0 amide bonds. The maximum absolute atomic E-state index is 4.41. The van der Waals surface area contributed by atoms with Gasteiger partial charge in [-0.1, -0.05) is 20.8 Å². The lowest BCUT2D eigenvalue weighted by Gasteiger charge is -2.19. The van der Waals surface area contributed by atoms with Crippen molar-refractivity contribution in [2.75, 3.05) is 23.7 Å². The van der Waals surface area contributed by atoms with E-state index in [1.54, 1.807) is 23.3 Å². The van der Waals surface area contributed by atoms with E-state index in [0.717, 1.165) is 13.1 Å². The second-order valence-corrected chi connectivity index (χ2v) is 5.70. The fraction of sp³-hybridized carbons (Fsp3) is 0.538. The normalized spacial score (nSPS) is 11.4.